The third-order valence-electron chi connectivity index (χ3n) is 5.73. The van der Waals surface area contributed by atoms with Crippen LogP contribution in [0.3, 0.4) is 0 Å². The lowest BCUT2D eigenvalue weighted by Gasteiger charge is -2.25. The predicted octanol–water partition coefficient (Wildman–Crippen LogP) is 4.39. The fourth-order valence-corrected chi connectivity index (χ4v) is 6.20. The number of rotatable bonds is 6. The number of hydrogen-bond donors (Lipinski definition) is 1. The van der Waals surface area contributed by atoms with Gasteiger partial charge >= 0.3 is 0 Å². The smallest absolute Gasteiger partial charge is 0.263 e. The number of thiophene rings is 1. The second-order valence-corrected chi connectivity index (χ2v) is 10.5. The summed E-state index contributed by atoms with van der Waals surface area (Å²) in [6.45, 7) is 2.82. The lowest BCUT2D eigenvalue weighted by atomic mass is 10.1. The van der Waals surface area contributed by atoms with Crippen molar-refractivity contribution >= 4 is 62.4 Å². The highest BCUT2D eigenvalue weighted by Crippen LogP contribution is 2.34. The monoisotopic (exact) mass is 528 g/mol. The highest BCUT2D eigenvalue weighted by atomic mass is 35.5. The fraction of sp³-hybridized carbons (Fsp3) is 0.250. The van der Waals surface area contributed by atoms with E-state index in [1.807, 2.05) is 0 Å². The molecule has 3 aromatic heterocycles. The third-order valence-corrected chi connectivity index (χ3v) is 8.06. The summed E-state index contributed by atoms with van der Waals surface area (Å²) in [5.74, 6) is 0.479. The van der Waals surface area contributed by atoms with Crippen molar-refractivity contribution in [2.45, 2.75) is 31.6 Å². The molecular formula is C24H21ClN4O4S2. The molecule has 1 aromatic carbocycles. The Kier molecular flexibility index (Phi) is 6.68. The van der Waals surface area contributed by atoms with Crippen molar-refractivity contribution in [3.63, 3.8) is 0 Å². The Morgan fingerprint density at radius 2 is 2.06 bits per heavy atom. The molecule has 0 saturated heterocycles. The maximum Gasteiger partial charge on any atom is 0.263 e. The summed E-state index contributed by atoms with van der Waals surface area (Å²) >= 11 is 8.54. The third kappa shape index (κ3) is 5.00. The summed E-state index contributed by atoms with van der Waals surface area (Å²) in [5, 5.41) is 4.44. The van der Waals surface area contributed by atoms with Gasteiger partial charge in [-0.25, -0.2) is 4.98 Å². The van der Waals surface area contributed by atoms with Crippen molar-refractivity contribution in [2.24, 2.45) is 0 Å². The maximum absolute atomic E-state index is 13.7. The molecular weight excluding hydrogens is 508 g/mol. The van der Waals surface area contributed by atoms with Crippen molar-refractivity contribution in [2.75, 3.05) is 17.6 Å². The first kappa shape index (κ1) is 23.7. The van der Waals surface area contributed by atoms with Crippen molar-refractivity contribution in [3.8, 4) is 0 Å². The zero-order valence-corrected chi connectivity index (χ0v) is 21.1. The van der Waals surface area contributed by atoms with Gasteiger partial charge in [-0.3, -0.25) is 19.0 Å². The van der Waals surface area contributed by atoms with Crippen LogP contribution in [0.1, 0.15) is 23.1 Å². The largest absolute Gasteiger partial charge is 0.467 e. The summed E-state index contributed by atoms with van der Waals surface area (Å²) < 4.78 is 7.04. The fourth-order valence-electron chi connectivity index (χ4n) is 3.99. The number of carbonyl (C=O) groups is 2. The van der Waals surface area contributed by atoms with E-state index in [4.69, 9.17) is 21.0 Å². The number of aromatic nitrogens is 2. The van der Waals surface area contributed by atoms with E-state index in [0.717, 1.165) is 10.4 Å². The van der Waals surface area contributed by atoms with Crippen LogP contribution in [0.5, 0.6) is 0 Å². The SMILES string of the molecule is CC(=O)N1CCc2c(sc3nc(SCC(=O)Nc4ccc(Cl)cc4)n(Cc4ccco4)c(=O)c23)C1. The Balaban J connectivity index is 1.46. The van der Waals surface area contributed by atoms with E-state index >= 15 is 0 Å². The topological polar surface area (TPSA) is 97.4 Å². The van der Waals surface area contributed by atoms with Crippen LogP contribution in [0.15, 0.2) is 57.0 Å². The minimum Gasteiger partial charge on any atom is -0.467 e. The van der Waals surface area contributed by atoms with Crippen LogP contribution < -0.4 is 10.9 Å². The van der Waals surface area contributed by atoms with Crippen molar-refractivity contribution in [1.82, 2.24) is 14.5 Å². The molecule has 1 aliphatic heterocycles. The van der Waals surface area contributed by atoms with E-state index < -0.39 is 0 Å². The number of furan rings is 1. The molecule has 8 nitrogen and oxygen atoms in total. The van der Waals surface area contributed by atoms with Crippen LogP contribution in [0.25, 0.3) is 10.2 Å². The molecule has 0 unspecified atom stereocenters. The summed E-state index contributed by atoms with van der Waals surface area (Å²) in [5.41, 5.74) is 1.43. The van der Waals surface area contributed by atoms with E-state index in [1.54, 1.807) is 59.1 Å². The molecule has 0 aliphatic carbocycles. The zero-order valence-electron chi connectivity index (χ0n) is 18.7. The van der Waals surface area contributed by atoms with Gasteiger partial charge in [0.05, 0.1) is 30.5 Å². The van der Waals surface area contributed by atoms with Gasteiger partial charge in [-0.15, -0.1) is 11.3 Å². The van der Waals surface area contributed by atoms with Gasteiger partial charge in [0.1, 0.15) is 10.6 Å². The van der Waals surface area contributed by atoms with E-state index in [9.17, 15) is 14.4 Å². The average molecular weight is 529 g/mol. The van der Waals surface area contributed by atoms with E-state index in [0.29, 0.717) is 51.4 Å². The first-order chi connectivity index (χ1) is 16.9. The molecule has 0 fully saturated rings. The Bertz CT molecular complexity index is 1460. The Labute approximate surface area is 213 Å². The summed E-state index contributed by atoms with van der Waals surface area (Å²) in [6, 6.07) is 10.4. The number of amides is 2. The van der Waals surface area contributed by atoms with Crippen LogP contribution >= 0.6 is 34.7 Å². The molecule has 0 radical (unpaired) electrons. The second-order valence-electron chi connectivity index (χ2n) is 8.08. The van der Waals surface area contributed by atoms with E-state index in [-0.39, 0.29) is 29.7 Å². The number of nitrogens with one attached hydrogen (secondary N) is 1. The summed E-state index contributed by atoms with van der Waals surface area (Å²) in [4.78, 5) is 46.3. The molecule has 4 heterocycles. The zero-order chi connectivity index (χ0) is 24.5. The van der Waals surface area contributed by atoms with Crippen LogP contribution in [0, 0.1) is 0 Å². The highest BCUT2D eigenvalue weighted by Gasteiger charge is 2.26. The predicted molar refractivity (Wildman–Crippen MR) is 137 cm³/mol. The van der Waals surface area contributed by atoms with Crippen LogP contribution in [0.4, 0.5) is 5.69 Å². The number of anilines is 1. The number of benzene rings is 1. The first-order valence-electron chi connectivity index (χ1n) is 10.9. The van der Waals surface area contributed by atoms with E-state index in [1.165, 1.54) is 23.1 Å². The normalized spacial score (nSPS) is 13.1. The summed E-state index contributed by atoms with van der Waals surface area (Å²) in [7, 11) is 0. The molecule has 5 rings (SSSR count). The average Bonchev–Trinajstić information content (AvgIpc) is 3.48. The van der Waals surface area contributed by atoms with Crippen LogP contribution in [-0.2, 0) is 29.1 Å². The summed E-state index contributed by atoms with van der Waals surface area (Å²) in [6.07, 6.45) is 2.17. The Hall–Kier alpha value is -3.08. The quantitative estimate of drug-likeness (QED) is 0.294. The molecule has 2 amide bonds. The molecule has 11 heteroatoms. The Morgan fingerprint density at radius 3 is 2.77 bits per heavy atom. The number of nitrogens with zero attached hydrogens (tertiary/aromatic N) is 3. The standard InChI is InChI=1S/C24H21ClN4O4S2/c1-14(30)28-9-8-18-19(12-28)35-22-21(18)23(32)29(11-17-3-2-10-33-17)24(27-22)34-13-20(31)26-16-6-4-15(25)5-7-16/h2-7,10H,8-9,11-13H2,1H3,(H,26,31). The second kappa shape index (κ2) is 9.88. The van der Waals surface area contributed by atoms with Gasteiger partial charge in [0.15, 0.2) is 5.16 Å². The molecule has 4 aromatic rings. The minimum atomic E-state index is -0.223. The number of thioether (sulfide) groups is 1. The van der Waals surface area contributed by atoms with Gasteiger partial charge < -0.3 is 14.6 Å². The molecule has 0 saturated carbocycles. The minimum absolute atomic E-state index is 0.0132. The van der Waals surface area contributed by atoms with Gasteiger partial charge in [0, 0.05) is 29.1 Å². The van der Waals surface area contributed by atoms with E-state index in [2.05, 4.69) is 5.32 Å². The maximum atomic E-state index is 13.7. The van der Waals surface area contributed by atoms with Gasteiger partial charge in [-0.2, -0.15) is 0 Å². The van der Waals surface area contributed by atoms with Gasteiger partial charge in [0.2, 0.25) is 11.8 Å². The van der Waals surface area contributed by atoms with Crippen molar-refractivity contribution in [1.29, 1.82) is 0 Å². The van der Waals surface area contributed by atoms with Gasteiger partial charge in [-0.1, -0.05) is 23.4 Å². The molecule has 1 N–H and O–H groups in total. The molecule has 0 bridgehead atoms. The molecule has 35 heavy (non-hydrogen) atoms. The molecule has 0 spiro atoms. The van der Waals surface area contributed by atoms with Crippen LogP contribution in [0.2, 0.25) is 5.02 Å². The van der Waals surface area contributed by atoms with Gasteiger partial charge in [-0.05, 0) is 48.4 Å². The molecule has 1 aliphatic rings. The molecule has 180 valence electrons. The van der Waals surface area contributed by atoms with Crippen molar-refractivity contribution in [3.05, 3.63) is 74.2 Å². The number of fused-ring (bicyclic) bond motifs is 3. The number of halogens is 1. The van der Waals surface area contributed by atoms with Crippen molar-refractivity contribution < 1.29 is 14.0 Å². The Morgan fingerprint density at radius 1 is 1.26 bits per heavy atom. The number of carbonyl (C=O) groups excluding carboxylic acids is 2. The highest BCUT2D eigenvalue weighted by molar-refractivity contribution is 7.99. The van der Waals surface area contributed by atoms with Crippen LogP contribution in [-0.4, -0.2) is 38.6 Å². The lowest BCUT2D eigenvalue weighted by Crippen LogP contribution is -2.34. The number of hydrogen-bond acceptors (Lipinski definition) is 7. The lowest BCUT2D eigenvalue weighted by molar-refractivity contribution is -0.129. The molecule has 0 atom stereocenters. The first-order valence-corrected chi connectivity index (χ1v) is 13.1. The van der Waals surface area contributed by atoms with Gasteiger partial charge in [0.25, 0.3) is 5.56 Å².